The predicted octanol–water partition coefficient (Wildman–Crippen LogP) is 0.121. The van der Waals surface area contributed by atoms with Crippen LogP contribution in [0.1, 0.15) is 10.4 Å². The van der Waals surface area contributed by atoms with E-state index in [-0.39, 0.29) is 31.4 Å². The molecule has 0 saturated heterocycles. The molecule has 0 fully saturated rings. The van der Waals surface area contributed by atoms with Crippen LogP contribution in [0.25, 0.3) is 0 Å². The molecule has 0 aliphatic carbocycles. The van der Waals surface area contributed by atoms with Crippen molar-refractivity contribution in [2.45, 2.75) is 0 Å². The van der Waals surface area contributed by atoms with Crippen molar-refractivity contribution in [2.75, 3.05) is 0 Å². The molecular weight excluding hydrogens is 279 g/mol. The van der Waals surface area contributed by atoms with Gasteiger partial charge in [0.25, 0.3) is 0 Å². The molecule has 67 valence electrons. The average Bonchev–Trinajstić information content (AvgIpc) is 1.99. The number of hydrogen-bond donors (Lipinski definition) is 4. The number of benzene rings is 1. The number of carboxylic acids is 1. The van der Waals surface area contributed by atoms with E-state index in [1.54, 1.807) is 0 Å². The molecule has 0 spiro atoms. The Morgan fingerprint density at radius 1 is 1.08 bits per heavy atom. The number of rotatable bonds is 1. The van der Waals surface area contributed by atoms with Crippen LogP contribution < -0.4 is 0 Å². The Bertz CT molecular complexity index is 313. The van der Waals surface area contributed by atoms with E-state index in [2.05, 4.69) is 0 Å². The van der Waals surface area contributed by atoms with Crippen molar-refractivity contribution >= 4 is 31.8 Å². The van der Waals surface area contributed by atoms with E-state index in [1.807, 2.05) is 0 Å². The summed E-state index contributed by atoms with van der Waals surface area (Å²) in [5.74, 6) is -3.33. The van der Waals surface area contributed by atoms with Crippen molar-refractivity contribution in [3.05, 3.63) is 17.7 Å². The van der Waals surface area contributed by atoms with Crippen LogP contribution in [0.15, 0.2) is 12.1 Å². The molecule has 1 rings (SSSR count). The van der Waals surface area contributed by atoms with E-state index < -0.39 is 23.2 Å². The molecule has 0 aliphatic heterocycles. The maximum absolute atomic E-state index is 10.3. The maximum Gasteiger partial charge on any atom is 0.335 e. The number of carbonyl (C=O) groups is 1. The van der Waals surface area contributed by atoms with Crippen molar-refractivity contribution in [2.24, 2.45) is 0 Å². The first kappa shape index (κ1) is 12.0. The van der Waals surface area contributed by atoms with Gasteiger partial charge in [-0.05, 0) is 12.1 Å². The van der Waals surface area contributed by atoms with Crippen molar-refractivity contribution in [3.8, 4) is 17.2 Å². The summed E-state index contributed by atoms with van der Waals surface area (Å²) < 4.78 is 0. The molecule has 0 saturated carbocycles. The van der Waals surface area contributed by atoms with Gasteiger partial charge >= 0.3 is 5.97 Å². The van der Waals surface area contributed by atoms with Gasteiger partial charge in [0.15, 0.2) is 17.2 Å². The molecule has 3 radical (unpaired) electrons. The van der Waals surface area contributed by atoms with Crippen LogP contribution in [-0.4, -0.2) is 52.2 Å². The van der Waals surface area contributed by atoms with E-state index >= 15 is 0 Å². The van der Waals surface area contributed by atoms with Crippen molar-refractivity contribution < 1.29 is 25.2 Å². The first-order chi connectivity index (χ1) is 5.52. The van der Waals surface area contributed by atoms with Gasteiger partial charge in [0.2, 0.25) is 0 Å². The topological polar surface area (TPSA) is 98.0 Å². The average molecular weight is 285 g/mol. The molecule has 1 aromatic carbocycles. The van der Waals surface area contributed by atoms with Crippen molar-refractivity contribution in [1.29, 1.82) is 0 Å². The van der Waals surface area contributed by atoms with Gasteiger partial charge in [0.1, 0.15) is 0 Å². The molecule has 5 nitrogen and oxygen atoms in total. The van der Waals surface area contributed by atoms with E-state index in [9.17, 15) is 4.79 Å². The Balaban J connectivity index is 0.00000144. The number of hydrogen-bond acceptors (Lipinski definition) is 4. The SMILES string of the molecule is O=C(O)c1cc(O)c(O)c(O)c1.[In]. The third-order valence-electron chi connectivity index (χ3n) is 1.32. The monoisotopic (exact) mass is 285 g/mol. The van der Waals surface area contributed by atoms with Crippen LogP contribution in [-0.2, 0) is 0 Å². The number of aromatic carboxylic acids is 1. The molecule has 0 amide bonds. The van der Waals surface area contributed by atoms with Gasteiger partial charge in [-0.15, -0.1) is 0 Å². The molecule has 0 heterocycles. The first-order valence-corrected chi connectivity index (χ1v) is 3.00. The van der Waals surface area contributed by atoms with Crippen LogP contribution in [0.4, 0.5) is 0 Å². The van der Waals surface area contributed by atoms with Crippen LogP contribution >= 0.6 is 0 Å². The fourth-order valence-corrected chi connectivity index (χ4v) is 0.728. The molecule has 0 atom stereocenters. The van der Waals surface area contributed by atoms with Gasteiger partial charge in [-0.1, -0.05) is 0 Å². The van der Waals surface area contributed by atoms with Gasteiger partial charge in [0.05, 0.1) is 5.56 Å². The van der Waals surface area contributed by atoms with Gasteiger partial charge in [0, 0.05) is 25.8 Å². The molecule has 0 aromatic heterocycles. The quantitative estimate of drug-likeness (QED) is 0.549. The Morgan fingerprint density at radius 3 is 1.77 bits per heavy atom. The van der Waals surface area contributed by atoms with Crippen LogP contribution in [0, 0.1) is 0 Å². The van der Waals surface area contributed by atoms with Gasteiger partial charge in [-0.3, -0.25) is 0 Å². The minimum Gasteiger partial charge on any atom is -0.504 e. The summed E-state index contributed by atoms with van der Waals surface area (Å²) in [5.41, 5.74) is -0.289. The standard InChI is InChI=1S/C7H6O5.In/c8-4-1-3(7(11)12)2-5(9)6(4)10;/h1-2,8-10H,(H,11,12);. The van der Waals surface area contributed by atoms with Crippen molar-refractivity contribution in [1.82, 2.24) is 0 Å². The second kappa shape index (κ2) is 4.27. The largest absolute Gasteiger partial charge is 0.504 e. The normalized spacial score (nSPS) is 8.92. The van der Waals surface area contributed by atoms with E-state index in [0.29, 0.717) is 0 Å². The smallest absolute Gasteiger partial charge is 0.335 e. The Morgan fingerprint density at radius 2 is 1.46 bits per heavy atom. The van der Waals surface area contributed by atoms with E-state index in [4.69, 9.17) is 20.4 Å². The minimum atomic E-state index is -1.29. The van der Waals surface area contributed by atoms with Gasteiger partial charge in [-0.2, -0.15) is 0 Å². The van der Waals surface area contributed by atoms with Gasteiger partial charge < -0.3 is 20.4 Å². The number of phenolic OH excluding ortho intramolecular Hbond substituents is 3. The van der Waals surface area contributed by atoms with Crippen LogP contribution in [0.5, 0.6) is 17.2 Å². The number of phenols is 3. The molecule has 13 heavy (non-hydrogen) atoms. The molecule has 1 aromatic rings. The zero-order valence-electron chi connectivity index (χ0n) is 6.43. The first-order valence-electron chi connectivity index (χ1n) is 3.00. The Hall–Kier alpha value is -1.04. The number of aromatic hydroxyl groups is 3. The molecular formula is C7H6InO5. The Kier molecular flexibility index (Phi) is 3.93. The summed E-state index contributed by atoms with van der Waals surface area (Å²) in [5, 5.41) is 35.0. The molecule has 6 heteroatoms. The Labute approximate surface area is 92.0 Å². The zero-order chi connectivity index (χ0) is 9.30. The van der Waals surface area contributed by atoms with Crippen molar-refractivity contribution in [3.63, 3.8) is 0 Å². The maximum atomic E-state index is 10.3. The van der Waals surface area contributed by atoms with Gasteiger partial charge in [-0.25, -0.2) is 4.79 Å². The predicted molar refractivity (Wildman–Crippen MR) is 44.1 cm³/mol. The third kappa shape index (κ3) is 2.45. The second-order valence-electron chi connectivity index (χ2n) is 2.17. The summed E-state index contributed by atoms with van der Waals surface area (Å²) in [4.78, 5) is 10.3. The zero-order valence-corrected chi connectivity index (χ0v) is 9.72. The minimum absolute atomic E-state index is 0. The molecule has 0 bridgehead atoms. The summed E-state index contributed by atoms with van der Waals surface area (Å²) in [6, 6.07) is 1.69. The fourth-order valence-electron chi connectivity index (χ4n) is 0.728. The molecule has 0 unspecified atom stereocenters. The summed E-state index contributed by atoms with van der Waals surface area (Å²) in [6.07, 6.45) is 0. The van der Waals surface area contributed by atoms with Crippen LogP contribution in [0.2, 0.25) is 0 Å². The summed E-state index contributed by atoms with van der Waals surface area (Å²) in [6.45, 7) is 0. The van der Waals surface area contributed by atoms with E-state index in [1.165, 1.54) is 0 Å². The van der Waals surface area contributed by atoms with Crippen LogP contribution in [0.3, 0.4) is 0 Å². The molecule has 0 aliphatic rings. The third-order valence-corrected chi connectivity index (χ3v) is 1.32. The summed E-state index contributed by atoms with van der Waals surface area (Å²) >= 11 is 0. The van der Waals surface area contributed by atoms with E-state index in [0.717, 1.165) is 12.1 Å². The molecule has 4 N–H and O–H groups in total. The second-order valence-corrected chi connectivity index (χ2v) is 2.17. The number of carboxylic acid groups (broad SMARTS) is 1. The summed E-state index contributed by atoms with van der Waals surface area (Å²) in [7, 11) is 0. The fraction of sp³-hybridized carbons (Fsp3) is 0.